The van der Waals surface area contributed by atoms with Crippen LogP contribution in [-0.4, -0.2) is 18.0 Å². The van der Waals surface area contributed by atoms with E-state index in [4.69, 9.17) is 9.47 Å². The third-order valence-corrected chi connectivity index (χ3v) is 5.28. The van der Waals surface area contributed by atoms with Gasteiger partial charge in [0.25, 0.3) is 0 Å². The van der Waals surface area contributed by atoms with E-state index in [1.807, 2.05) is 0 Å². The zero-order chi connectivity index (χ0) is 24.9. The molecule has 0 spiro atoms. The minimum Gasteiger partial charge on any atom is -0.459 e. The largest absolute Gasteiger partial charge is 0.459 e. The summed E-state index contributed by atoms with van der Waals surface area (Å²) in [6.07, 6.45) is -0.198. The normalized spacial score (nSPS) is 10.5. The van der Waals surface area contributed by atoms with Gasteiger partial charge < -0.3 is 9.47 Å². The maximum Gasteiger partial charge on any atom is 0.343 e. The van der Waals surface area contributed by atoms with E-state index >= 15 is 0 Å². The van der Waals surface area contributed by atoms with Gasteiger partial charge in [-0.1, -0.05) is 36.3 Å². The highest BCUT2D eigenvalue weighted by Gasteiger charge is 2.13. The Kier molecular flexibility index (Phi) is 6.93. The maximum atomic E-state index is 14.2. The van der Waals surface area contributed by atoms with E-state index in [-0.39, 0.29) is 17.9 Å². The van der Waals surface area contributed by atoms with Crippen LogP contribution in [0.5, 0.6) is 5.75 Å². The van der Waals surface area contributed by atoms with Crippen LogP contribution in [0.1, 0.15) is 47.1 Å². The van der Waals surface area contributed by atoms with Gasteiger partial charge in [-0.25, -0.2) is 14.0 Å². The lowest BCUT2D eigenvalue weighted by Gasteiger charge is -2.10. The Bertz CT molecular complexity index is 1470. The molecule has 4 rings (SSSR count). The number of esters is 2. The monoisotopic (exact) mass is 466 g/mol. The lowest BCUT2D eigenvalue weighted by atomic mass is 10.0. The summed E-state index contributed by atoms with van der Waals surface area (Å²) in [4.78, 5) is 24.8. The molecule has 0 unspecified atom stereocenters. The molecule has 0 bridgehead atoms. The zero-order valence-electron chi connectivity index (χ0n) is 19.6. The predicted octanol–water partition coefficient (Wildman–Crippen LogP) is 6.80. The summed E-state index contributed by atoms with van der Waals surface area (Å²) in [5.41, 5.74) is 2.64. The second-order valence-electron chi connectivity index (χ2n) is 8.21. The van der Waals surface area contributed by atoms with Crippen LogP contribution in [0.25, 0.3) is 21.9 Å². The average molecular weight is 467 g/mol. The number of hydrogen-bond acceptors (Lipinski definition) is 4. The zero-order valence-corrected chi connectivity index (χ0v) is 19.6. The Balaban J connectivity index is 1.48. The molecule has 35 heavy (non-hydrogen) atoms. The standard InChI is InChI=1S/C30H23FO4/c1-4-5-21-8-11-25(18-28(21)31)20-6-9-22(10-7-20)29(32)35-27-15-14-23-16-26(13-12-24(23)17-27)30(33)34-19(2)3/h6-19H,1-3H3. The molecule has 0 heterocycles. The van der Waals surface area contributed by atoms with Crippen LogP contribution >= 0.6 is 0 Å². The molecule has 0 aliphatic rings. The van der Waals surface area contributed by atoms with Crippen molar-refractivity contribution in [2.75, 3.05) is 0 Å². The number of carbonyl (C=O) groups excluding carboxylic acids is 2. The fourth-order valence-electron chi connectivity index (χ4n) is 3.59. The number of fused-ring (bicyclic) bond motifs is 1. The molecule has 0 radical (unpaired) electrons. The second kappa shape index (κ2) is 10.2. The summed E-state index contributed by atoms with van der Waals surface area (Å²) >= 11 is 0. The Hall–Kier alpha value is -4.43. The molecule has 0 N–H and O–H groups in total. The third-order valence-electron chi connectivity index (χ3n) is 5.28. The van der Waals surface area contributed by atoms with Crippen LogP contribution in [0, 0.1) is 17.7 Å². The van der Waals surface area contributed by atoms with Gasteiger partial charge in [0, 0.05) is 0 Å². The molecule has 5 heteroatoms. The molecular weight excluding hydrogens is 443 g/mol. The van der Waals surface area contributed by atoms with E-state index in [2.05, 4.69) is 11.8 Å². The van der Waals surface area contributed by atoms with Crippen LogP contribution in [0.2, 0.25) is 0 Å². The lowest BCUT2D eigenvalue weighted by Crippen LogP contribution is -2.11. The minimum atomic E-state index is -0.507. The van der Waals surface area contributed by atoms with Crippen LogP contribution in [0.3, 0.4) is 0 Å². The average Bonchev–Trinajstić information content (AvgIpc) is 2.84. The summed E-state index contributed by atoms with van der Waals surface area (Å²) in [7, 11) is 0. The summed E-state index contributed by atoms with van der Waals surface area (Å²) in [5, 5.41) is 1.65. The smallest absolute Gasteiger partial charge is 0.343 e. The summed E-state index contributed by atoms with van der Waals surface area (Å²) in [6, 6.07) is 22.0. The number of carbonyl (C=O) groups is 2. The van der Waals surface area contributed by atoms with Crippen LogP contribution in [0.15, 0.2) is 78.9 Å². The molecule has 4 aromatic rings. The van der Waals surface area contributed by atoms with Gasteiger partial charge in [-0.3, -0.25) is 0 Å². The number of rotatable bonds is 5. The predicted molar refractivity (Wildman–Crippen MR) is 134 cm³/mol. The Morgan fingerprint density at radius 2 is 1.43 bits per heavy atom. The second-order valence-corrected chi connectivity index (χ2v) is 8.21. The van der Waals surface area contributed by atoms with Gasteiger partial charge in [0.2, 0.25) is 0 Å². The molecule has 0 amide bonds. The van der Waals surface area contributed by atoms with E-state index in [9.17, 15) is 14.0 Å². The van der Waals surface area contributed by atoms with Crippen molar-refractivity contribution in [2.45, 2.75) is 26.9 Å². The SMILES string of the molecule is CC#Cc1ccc(-c2ccc(C(=O)Oc3ccc4cc(C(=O)OC(C)C)ccc4c3)cc2)cc1F. The van der Waals surface area contributed by atoms with Gasteiger partial charge in [-0.15, -0.1) is 5.92 Å². The molecule has 174 valence electrons. The van der Waals surface area contributed by atoms with Crippen molar-refractivity contribution in [3.63, 3.8) is 0 Å². The summed E-state index contributed by atoms with van der Waals surface area (Å²) in [6.45, 7) is 5.26. The van der Waals surface area contributed by atoms with Crippen molar-refractivity contribution in [3.8, 4) is 28.7 Å². The topological polar surface area (TPSA) is 52.6 Å². The molecular formula is C30H23FO4. The van der Waals surface area contributed by atoms with E-state index in [0.717, 1.165) is 16.3 Å². The molecule has 0 aliphatic carbocycles. The van der Waals surface area contributed by atoms with E-state index in [1.54, 1.807) is 93.6 Å². The molecule has 0 aromatic heterocycles. The minimum absolute atomic E-state index is 0.198. The highest BCUT2D eigenvalue weighted by atomic mass is 19.1. The van der Waals surface area contributed by atoms with Gasteiger partial charge in [0.1, 0.15) is 11.6 Å². The van der Waals surface area contributed by atoms with Gasteiger partial charge in [-0.05, 0) is 91.2 Å². The first-order valence-corrected chi connectivity index (χ1v) is 11.1. The van der Waals surface area contributed by atoms with Crippen LogP contribution < -0.4 is 4.74 Å². The molecule has 4 nitrogen and oxygen atoms in total. The summed E-state index contributed by atoms with van der Waals surface area (Å²) < 4.78 is 25.0. The quantitative estimate of drug-likeness (QED) is 0.184. The van der Waals surface area contributed by atoms with E-state index < -0.39 is 5.97 Å². The highest BCUT2D eigenvalue weighted by Crippen LogP contribution is 2.25. The Labute approximate surface area is 203 Å². The number of benzene rings is 4. The van der Waals surface area contributed by atoms with Gasteiger partial charge >= 0.3 is 11.9 Å². The van der Waals surface area contributed by atoms with Crippen LogP contribution in [-0.2, 0) is 4.74 Å². The van der Waals surface area contributed by atoms with Crippen molar-refractivity contribution in [3.05, 3.63) is 101 Å². The maximum absolute atomic E-state index is 14.2. The Morgan fingerprint density at radius 3 is 2.11 bits per heavy atom. The first-order chi connectivity index (χ1) is 16.8. The molecule has 4 aromatic carbocycles. The summed E-state index contributed by atoms with van der Waals surface area (Å²) in [5.74, 6) is 4.52. The molecule has 0 atom stereocenters. The fraction of sp³-hybridized carbons (Fsp3) is 0.133. The number of hydrogen-bond donors (Lipinski definition) is 0. The van der Waals surface area contributed by atoms with Gasteiger partial charge in [0.15, 0.2) is 0 Å². The van der Waals surface area contributed by atoms with Crippen molar-refractivity contribution >= 4 is 22.7 Å². The molecule has 0 aliphatic heterocycles. The van der Waals surface area contributed by atoms with Crippen molar-refractivity contribution in [2.24, 2.45) is 0 Å². The molecule has 0 saturated carbocycles. The lowest BCUT2D eigenvalue weighted by molar-refractivity contribution is 0.0378. The van der Waals surface area contributed by atoms with Crippen molar-refractivity contribution in [1.82, 2.24) is 0 Å². The van der Waals surface area contributed by atoms with E-state index in [1.165, 1.54) is 6.07 Å². The number of halogens is 1. The Morgan fingerprint density at radius 1 is 0.771 bits per heavy atom. The van der Waals surface area contributed by atoms with Gasteiger partial charge in [0.05, 0.1) is 22.8 Å². The fourth-order valence-corrected chi connectivity index (χ4v) is 3.59. The van der Waals surface area contributed by atoms with E-state index in [0.29, 0.717) is 28.0 Å². The van der Waals surface area contributed by atoms with Crippen molar-refractivity contribution in [1.29, 1.82) is 0 Å². The van der Waals surface area contributed by atoms with Crippen LogP contribution in [0.4, 0.5) is 4.39 Å². The third kappa shape index (κ3) is 5.56. The first-order valence-electron chi connectivity index (χ1n) is 11.1. The highest BCUT2D eigenvalue weighted by molar-refractivity contribution is 5.96. The van der Waals surface area contributed by atoms with Gasteiger partial charge in [-0.2, -0.15) is 0 Å². The molecule has 0 fully saturated rings. The first kappa shape index (κ1) is 23.7. The molecule has 0 saturated heterocycles. The van der Waals surface area contributed by atoms with Crippen molar-refractivity contribution < 1.29 is 23.5 Å². The number of ether oxygens (including phenoxy) is 2.